The smallest absolute Gasteiger partial charge is 0.253 e. The Morgan fingerprint density at radius 3 is 2.15 bits per heavy atom. The Kier molecular flexibility index (Phi) is 5.83. The minimum absolute atomic E-state index is 0.000872. The molecule has 0 saturated carbocycles. The Morgan fingerprint density at radius 2 is 1.54 bits per heavy atom. The van der Waals surface area contributed by atoms with Crippen molar-refractivity contribution < 1.29 is 14.4 Å². The molecule has 1 aromatic carbocycles. The molecule has 0 aliphatic carbocycles. The van der Waals surface area contributed by atoms with Gasteiger partial charge in [-0.25, -0.2) is 0 Å². The maximum atomic E-state index is 12.4. The Balaban J connectivity index is 1.46. The van der Waals surface area contributed by atoms with E-state index in [1.54, 1.807) is 21.9 Å². The van der Waals surface area contributed by atoms with Crippen LogP contribution in [0, 0.1) is 6.92 Å². The molecule has 3 rings (SSSR count). The van der Waals surface area contributed by atoms with Gasteiger partial charge in [-0.15, -0.1) is 11.3 Å². The van der Waals surface area contributed by atoms with Crippen LogP contribution in [0.2, 0.25) is 0 Å². The highest BCUT2D eigenvalue weighted by atomic mass is 32.1. The lowest BCUT2D eigenvalue weighted by molar-refractivity contribution is -0.132. The quantitative estimate of drug-likeness (QED) is 0.760. The van der Waals surface area contributed by atoms with E-state index in [1.807, 2.05) is 37.3 Å². The van der Waals surface area contributed by atoms with Crippen molar-refractivity contribution in [3.8, 4) is 0 Å². The topological polar surface area (TPSA) is 57.7 Å². The summed E-state index contributed by atoms with van der Waals surface area (Å²) in [6, 6.07) is 12.9. The zero-order valence-corrected chi connectivity index (χ0v) is 15.6. The third-order valence-corrected chi connectivity index (χ3v) is 5.56. The summed E-state index contributed by atoms with van der Waals surface area (Å²) >= 11 is 1.47. The Bertz CT molecular complexity index is 792. The van der Waals surface area contributed by atoms with E-state index in [-0.39, 0.29) is 30.4 Å². The molecule has 0 radical (unpaired) electrons. The monoisotopic (exact) mass is 370 g/mol. The first-order chi connectivity index (χ1) is 12.5. The van der Waals surface area contributed by atoms with E-state index >= 15 is 0 Å². The van der Waals surface area contributed by atoms with Crippen molar-refractivity contribution in [1.82, 2.24) is 9.80 Å². The summed E-state index contributed by atoms with van der Waals surface area (Å²) in [7, 11) is 0. The van der Waals surface area contributed by atoms with Gasteiger partial charge in [0.25, 0.3) is 5.91 Å². The van der Waals surface area contributed by atoms with Gasteiger partial charge in [-0.2, -0.15) is 0 Å². The predicted molar refractivity (Wildman–Crippen MR) is 102 cm³/mol. The van der Waals surface area contributed by atoms with Gasteiger partial charge in [0, 0.05) is 49.5 Å². The molecule has 1 saturated heterocycles. The molecule has 0 atom stereocenters. The highest BCUT2D eigenvalue weighted by Gasteiger charge is 2.25. The molecule has 1 fully saturated rings. The molecule has 0 bridgehead atoms. The summed E-state index contributed by atoms with van der Waals surface area (Å²) in [5, 5.41) is 0. The van der Waals surface area contributed by atoms with Gasteiger partial charge in [-0.1, -0.05) is 18.2 Å². The molecule has 0 unspecified atom stereocenters. The second-order valence-corrected chi connectivity index (χ2v) is 7.66. The van der Waals surface area contributed by atoms with E-state index in [9.17, 15) is 14.4 Å². The number of piperazine rings is 1. The molecule has 6 heteroatoms. The average Bonchev–Trinajstić information content (AvgIpc) is 3.12. The van der Waals surface area contributed by atoms with Crippen LogP contribution < -0.4 is 0 Å². The van der Waals surface area contributed by atoms with Crippen LogP contribution in [0.5, 0.6) is 0 Å². The largest absolute Gasteiger partial charge is 0.339 e. The normalized spacial score (nSPS) is 14.3. The van der Waals surface area contributed by atoms with Crippen molar-refractivity contribution in [2.75, 3.05) is 26.2 Å². The van der Waals surface area contributed by atoms with Gasteiger partial charge >= 0.3 is 0 Å². The van der Waals surface area contributed by atoms with Crippen LogP contribution in [0.1, 0.15) is 37.7 Å². The summed E-state index contributed by atoms with van der Waals surface area (Å²) < 4.78 is 0. The molecular formula is C20H22N2O3S. The van der Waals surface area contributed by atoms with Crippen molar-refractivity contribution in [2.24, 2.45) is 0 Å². The van der Waals surface area contributed by atoms with Crippen LogP contribution in [-0.4, -0.2) is 53.6 Å². The fourth-order valence-electron chi connectivity index (χ4n) is 3.01. The maximum Gasteiger partial charge on any atom is 0.253 e. The van der Waals surface area contributed by atoms with Gasteiger partial charge in [0.05, 0.1) is 4.88 Å². The summed E-state index contributed by atoms with van der Waals surface area (Å²) in [5.74, 6) is 0.00808. The number of carbonyl (C=O) groups excluding carboxylic acids is 3. The van der Waals surface area contributed by atoms with E-state index in [4.69, 9.17) is 0 Å². The molecule has 5 nitrogen and oxygen atoms in total. The first kappa shape index (κ1) is 18.3. The predicted octanol–water partition coefficient (Wildman–Crippen LogP) is 3.00. The van der Waals surface area contributed by atoms with Gasteiger partial charge in [-0.3, -0.25) is 14.4 Å². The maximum absolute atomic E-state index is 12.4. The van der Waals surface area contributed by atoms with Crippen molar-refractivity contribution in [2.45, 2.75) is 19.8 Å². The van der Waals surface area contributed by atoms with E-state index in [2.05, 4.69) is 0 Å². The summed E-state index contributed by atoms with van der Waals surface area (Å²) in [4.78, 5) is 42.3. The van der Waals surface area contributed by atoms with Crippen LogP contribution in [0.25, 0.3) is 0 Å². The van der Waals surface area contributed by atoms with Gasteiger partial charge in [-0.05, 0) is 31.2 Å². The number of aryl methyl sites for hydroxylation is 1. The summed E-state index contributed by atoms with van der Waals surface area (Å²) in [6.07, 6.45) is 0.463. The molecule has 1 aromatic heterocycles. The molecule has 0 N–H and O–H groups in total. The van der Waals surface area contributed by atoms with Crippen molar-refractivity contribution in [3.63, 3.8) is 0 Å². The molecule has 2 aromatic rings. The molecule has 26 heavy (non-hydrogen) atoms. The lowest BCUT2D eigenvalue weighted by Gasteiger charge is -2.34. The number of Topliss-reactive ketones (excluding diaryl/α,β-unsaturated/α-hetero) is 1. The highest BCUT2D eigenvalue weighted by molar-refractivity contribution is 7.14. The molecule has 2 amide bonds. The lowest BCUT2D eigenvalue weighted by Crippen LogP contribution is -2.50. The lowest BCUT2D eigenvalue weighted by atomic mass is 10.1. The van der Waals surface area contributed by atoms with Gasteiger partial charge in [0.2, 0.25) is 5.91 Å². The number of benzene rings is 1. The fraction of sp³-hybridized carbons (Fsp3) is 0.350. The molecule has 2 heterocycles. The van der Waals surface area contributed by atoms with E-state index < -0.39 is 0 Å². The van der Waals surface area contributed by atoms with Gasteiger partial charge in [0.15, 0.2) is 5.78 Å². The van der Waals surface area contributed by atoms with Crippen molar-refractivity contribution in [3.05, 3.63) is 57.8 Å². The van der Waals surface area contributed by atoms with E-state index in [0.29, 0.717) is 36.6 Å². The second kappa shape index (κ2) is 8.27. The SMILES string of the molecule is Cc1ccc(C(=O)CCC(=O)N2CCN(C(=O)c3ccccc3)CC2)s1. The number of amides is 2. The average molecular weight is 370 g/mol. The number of thiophene rings is 1. The minimum atomic E-state index is -0.0153. The summed E-state index contributed by atoms with van der Waals surface area (Å²) in [6.45, 7) is 4.05. The van der Waals surface area contributed by atoms with Gasteiger partial charge in [0.1, 0.15) is 0 Å². The number of ketones is 1. The molecule has 136 valence electrons. The number of hydrogen-bond acceptors (Lipinski definition) is 4. The Hall–Kier alpha value is -2.47. The standard InChI is InChI=1S/C20H22N2O3S/c1-15-7-9-18(26-15)17(23)8-10-19(24)21-11-13-22(14-12-21)20(25)16-5-3-2-4-6-16/h2-7,9H,8,10-14H2,1H3. The Labute approximate surface area is 157 Å². The number of nitrogens with zero attached hydrogens (tertiary/aromatic N) is 2. The van der Waals surface area contributed by atoms with Crippen molar-refractivity contribution >= 4 is 28.9 Å². The van der Waals surface area contributed by atoms with Gasteiger partial charge < -0.3 is 9.80 Å². The van der Waals surface area contributed by atoms with Crippen LogP contribution in [0.3, 0.4) is 0 Å². The molecule has 0 spiro atoms. The first-order valence-electron chi connectivity index (χ1n) is 8.76. The zero-order chi connectivity index (χ0) is 18.5. The molecule has 1 aliphatic heterocycles. The van der Waals surface area contributed by atoms with E-state index in [1.165, 1.54) is 11.3 Å². The van der Waals surface area contributed by atoms with Crippen LogP contribution in [0.4, 0.5) is 0 Å². The minimum Gasteiger partial charge on any atom is -0.339 e. The fourth-order valence-corrected chi connectivity index (χ4v) is 3.84. The number of carbonyl (C=O) groups is 3. The number of rotatable bonds is 5. The third-order valence-electron chi connectivity index (χ3n) is 4.52. The van der Waals surface area contributed by atoms with E-state index in [0.717, 1.165) is 4.88 Å². The molecule has 1 aliphatic rings. The van der Waals surface area contributed by atoms with Crippen LogP contribution in [0.15, 0.2) is 42.5 Å². The first-order valence-corrected chi connectivity index (χ1v) is 9.58. The third kappa shape index (κ3) is 4.38. The number of hydrogen-bond donors (Lipinski definition) is 0. The van der Waals surface area contributed by atoms with Crippen LogP contribution in [-0.2, 0) is 4.79 Å². The Morgan fingerprint density at radius 1 is 0.885 bits per heavy atom. The second-order valence-electron chi connectivity index (χ2n) is 6.37. The summed E-state index contributed by atoms with van der Waals surface area (Å²) in [5.41, 5.74) is 0.670. The zero-order valence-electron chi connectivity index (χ0n) is 14.8. The van der Waals surface area contributed by atoms with Crippen molar-refractivity contribution in [1.29, 1.82) is 0 Å². The molecular weight excluding hydrogens is 348 g/mol. The highest BCUT2D eigenvalue weighted by Crippen LogP contribution is 2.18. The van der Waals surface area contributed by atoms with Crippen LogP contribution >= 0.6 is 11.3 Å².